The molecule has 1 amide bonds. The van der Waals surface area contributed by atoms with E-state index in [1.54, 1.807) is 10.9 Å². The van der Waals surface area contributed by atoms with Crippen molar-refractivity contribution in [3.8, 4) is 0 Å². The lowest BCUT2D eigenvalue weighted by atomic mass is 10.4. The van der Waals surface area contributed by atoms with Crippen molar-refractivity contribution in [3.63, 3.8) is 0 Å². The highest BCUT2D eigenvalue weighted by molar-refractivity contribution is 5.75. The molecule has 0 spiro atoms. The van der Waals surface area contributed by atoms with E-state index in [1.807, 2.05) is 6.92 Å². The van der Waals surface area contributed by atoms with E-state index in [-0.39, 0.29) is 5.91 Å². The Hall–Kier alpha value is -1.59. The number of amides is 1. The van der Waals surface area contributed by atoms with Gasteiger partial charge in [0, 0.05) is 13.0 Å². The molecule has 6 heteroatoms. The van der Waals surface area contributed by atoms with Crippen molar-refractivity contribution < 1.29 is 4.79 Å². The summed E-state index contributed by atoms with van der Waals surface area (Å²) in [6.07, 6.45) is 2.00. The van der Waals surface area contributed by atoms with E-state index in [4.69, 9.17) is 5.73 Å². The fourth-order valence-corrected chi connectivity index (χ4v) is 0.924. The van der Waals surface area contributed by atoms with Gasteiger partial charge in [-0.05, 0) is 6.92 Å². The summed E-state index contributed by atoms with van der Waals surface area (Å²) in [5.74, 6) is 0.382. The Morgan fingerprint density at radius 2 is 2.54 bits per heavy atom. The number of aromatic nitrogens is 3. The lowest BCUT2D eigenvalue weighted by molar-refractivity contribution is -0.121. The van der Waals surface area contributed by atoms with E-state index in [1.165, 1.54) is 0 Å². The van der Waals surface area contributed by atoms with Crippen molar-refractivity contribution in [2.45, 2.75) is 19.9 Å². The molecule has 0 fully saturated rings. The minimum Gasteiger partial charge on any atom is -0.381 e. The molecule has 72 valence electrons. The van der Waals surface area contributed by atoms with Crippen molar-refractivity contribution in [1.29, 1.82) is 0 Å². The van der Waals surface area contributed by atoms with E-state index in [0.717, 1.165) is 0 Å². The van der Waals surface area contributed by atoms with Crippen molar-refractivity contribution in [1.82, 2.24) is 20.3 Å². The highest BCUT2D eigenvalue weighted by Crippen LogP contribution is 1.94. The number of nitrogens with two attached hydrogens (primary N) is 1. The van der Waals surface area contributed by atoms with Crippen LogP contribution in [0.3, 0.4) is 0 Å². The fraction of sp³-hybridized carbons (Fsp3) is 0.571. The molecule has 0 bridgehead atoms. The lowest BCUT2D eigenvalue weighted by Gasteiger charge is -2.00. The molecule has 1 rings (SSSR count). The van der Waals surface area contributed by atoms with Gasteiger partial charge < -0.3 is 11.1 Å². The molecular weight excluding hydrogens is 170 g/mol. The minimum atomic E-state index is 0.0107. The van der Waals surface area contributed by atoms with Crippen LogP contribution >= 0.6 is 0 Å². The summed E-state index contributed by atoms with van der Waals surface area (Å²) in [7, 11) is 0. The molecule has 13 heavy (non-hydrogen) atoms. The molecule has 1 aromatic rings. The summed E-state index contributed by atoms with van der Waals surface area (Å²) in [6.45, 7) is 3.04. The first-order valence-electron chi connectivity index (χ1n) is 4.14. The molecule has 1 aromatic heterocycles. The van der Waals surface area contributed by atoms with Crippen LogP contribution in [0.2, 0.25) is 0 Å². The van der Waals surface area contributed by atoms with Gasteiger partial charge in [0.25, 0.3) is 0 Å². The van der Waals surface area contributed by atoms with Gasteiger partial charge >= 0.3 is 0 Å². The third-order valence-electron chi connectivity index (χ3n) is 1.50. The quantitative estimate of drug-likeness (QED) is 0.651. The third-order valence-corrected chi connectivity index (χ3v) is 1.50. The second-order valence-electron chi connectivity index (χ2n) is 2.61. The molecule has 0 aromatic carbocycles. The van der Waals surface area contributed by atoms with Crippen LogP contribution in [0.4, 0.5) is 5.82 Å². The van der Waals surface area contributed by atoms with E-state index < -0.39 is 0 Å². The molecule has 0 saturated heterocycles. The molecule has 0 radical (unpaired) electrons. The molecule has 0 saturated carbocycles. The number of nitrogens with zero attached hydrogens (tertiary/aromatic N) is 3. The Morgan fingerprint density at radius 3 is 3.08 bits per heavy atom. The number of nitrogens with one attached hydrogen (secondary N) is 1. The first-order valence-corrected chi connectivity index (χ1v) is 4.14. The molecule has 3 N–H and O–H groups in total. The average Bonchev–Trinajstić information content (AvgIpc) is 2.49. The fourth-order valence-electron chi connectivity index (χ4n) is 0.924. The smallest absolute Gasteiger partial charge is 0.221 e. The van der Waals surface area contributed by atoms with Crippen LogP contribution in [0.25, 0.3) is 0 Å². The van der Waals surface area contributed by atoms with Crippen LogP contribution in [-0.4, -0.2) is 27.4 Å². The first-order chi connectivity index (χ1) is 6.22. The highest BCUT2D eigenvalue weighted by Gasteiger charge is 2.01. The molecule has 0 atom stereocenters. The van der Waals surface area contributed by atoms with Gasteiger partial charge in [-0.25, -0.2) is 4.68 Å². The number of aryl methyl sites for hydroxylation is 1. The predicted molar refractivity (Wildman–Crippen MR) is 47.7 cm³/mol. The van der Waals surface area contributed by atoms with Gasteiger partial charge in [-0.15, -0.1) is 5.10 Å². The molecule has 0 unspecified atom stereocenters. The molecule has 6 nitrogen and oxygen atoms in total. The molecule has 1 heterocycles. The van der Waals surface area contributed by atoms with Gasteiger partial charge in [-0.3, -0.25) is 4.79 Å². The van der Waals surface area contributed by atoms with Gasteiger partial charge in [0.05, 0.1) is 12.7 Å². The summed E-state index contributed by atoms with van der Waals surface area (Å²) < 4.78 is 1.55. The molecule has 0 aliphatic heterocycles. The summed E-state index contributed by atoms with van der Waals surface area (Å²) in [4.78, 5) is 11.0. The van der Waals surface area contributed by atoms with Crippen LogP contribution in [0.15, 0.2) is 6.20 Å². The van der Waals surface area contributed by atoms with E-state index in [9.17, 15) is 4.79 Å². The summed E-state index contributed by atoms with van der Waals surface area (Å²) >= 11 is 0. The predicted octanol–water partition coefficient (Wildman–Crippen LogP) is -0.613. The lowest BCUT2D eigenvalue weighted by Crippen LogP contribution is -2.23. The number of anilines is 1. The highest BCUT2D eigenvalue weighted by atomic mass is 16.1. The monoisotopic (exact) mass is 183 g/mol. The van der Waals surface area contributed by atoms with Gasteiger partial charge in [0.15, 0.2) is 5.82 Å². The molecule has 0 aliphatic carbocycles. The van der Waals surface area contributed by atoms with Crippen LogP contribution in [0, 0.1) is 0 Å². The number of carbonyl (C=O) groups is 1. The topological polar surface area (TPSA) is 85.8 Å². The zero-order chi connectivity index (χ0) is 9.68. The number of nitrogen functional groups attached to an aromatic ring is 1. The average molecular weight is 183 g/mol. The van der Waals surface area contributed by atoms with Crippen molar-refractivity contribution in [3.05, 3.63) is 6.20 Å². The van der Waals surface area contributed by atoms with Crippen LogP contribution in [0.5, 0.6) is 0 Å². The second kappa shape index (κ2) is 4.44. The van der Waals surface area contributed by atoms with Crippen molar-refractivity contribution in [2.75, 3.05) is 12.3 Å². The van der Waals surface area contributed by atoms with Crippen LogP contribution < -0.4 is 11.1 Å². The Bertz CT molecular complexity index is 282. The minimum absolute atomic E-state index is 0.0107. The Balaban J connectivity index is 2.30. The van der Waals surface area contributed by atoms with E-state index in [0.29, 0.717) is 25.3 Å². The Kier molecular flexibility index (Phi) is 3.24. The van der Waals surface area contributed by atoms with Crippen LogP contribution in [0.1, 0.15) is 13.3 Å². The maximum absolute atomic E-state index is 11.0. The van der Waals surface area contributed by atoms with Crippen molar-refractivity contribution >= 4 is 11.7 Å². The second-order valence-corrected chi connectivity index (χ2v) is 2.61. The standard InChI is InChI=1S/C7H13N5O/c1-2-9-7(13)3-4-12-5-6(8)10-11-12/h5H,2-4,8H2,1H3,(H,9,13). The maximum Gasteiger partial charge on any atom is 0.221 e. The van der Waals surface area contributed by atoms with Gasteiger partial charge in [0.2, 0.25) is 5.91 Å². The Labute approximate surface area is 76.1 Å². The van der Waals surface area contributed by atoms with Gasteiger partial charge in [-0.2, -0.15) is 0 Å². The van der Waals surface area contributed by atoms with Gasteiger partial charge in [-0.1, -0.05) is 5.21 Å². The Morgan fingerprint density at radius 1 is 1.77 bits per heavy atom. The molecule has 0 aliphatic rings. The summed E-state index contributed by atoms with van der Waals surface area (Å²) in [5.41, 5.74) is 5.35. The number of hydrogen-bond donors (Lipinski definition) is 2. The van der Waals surface area contributed by atoms with Crippen LogP contribution in [-0.2, 0) is 11.3 Å². The van der Waals surface area contributed by atoms with Crippen molar-refractivity contribution in [2.24, 2.45) is 0 Å². The van der Waals surface area contributed by atoms with E-state index >= 15 is 0 Å². The summed E-state index contributed by atoms with van der Waals surface area (Å²) in [6, 6.07) is 0. The van der Waals surface area contributed by atoms with E-state index in [2.05, 4.69) is 15.6 Å². The number of hydrogen-bond acceptors (Lipinski definition) is 4. The maximum atomic E-state index is 11.0. The summed E-state index contributed by atoms with van der Waals surface area (Å²) in [5, 5.41) is 10.00. The number of rotatable bonds is 4. The SMILES string of the molecule is CCNC(=O)CCn1cc(N)nn1. The number of carbonyl (C=O) groups excluding carboxylic acids is 1. The zero-order valence-electron chi connectivity index (χ0n) is 7.53. The zero-order valence-corrected chi connectivity index (χ0v) is 7.53. The van der Waals surface area contributed by atoms with Gasteiger partial charge in [0.1, 0.15) is 0 Å². The molecular formula is C7H13N5O. The largest absolute Gasteiger partial charge is 0.381 e. The first kappa shape index (κ1) is 9.50. The third kappa shape index (κ3) is 3.10. The normalized spacial score (nSPS) is 9.92.